The molecule has 0 aliphatic carbocycles. The summed E-state index contributed by atoms with van der Waals surface area (Å²) in [6.45, 7) is 1.93. The molecule has 1 aromatic carbocycles. The van der Waals surface area contributed by atoms with Gasteiger partial charge in [0, 0.05) is 24.3 Å². The first-order valence-electron chi connectivity index (χ1n) is 7.47. The molecule has 0 bridgehead atoms. The lowest BCUT2D eigenvalue weighted by atomic mass is 10.1. The molecular weight excluding hydrogens is 328 g/mol. The van der Waals surface area contributed by atoms with Gasteiger partial charge in [0.1, 0.15) is 0 Å². The number of pyridine rings is 1. The SMILES string of the molecule is Cc1cc(C(=O)NCC(O)c2ccc(Cl)cc2)c2cnn(C)c2n1. The van der Waals surface area contributed by atoms with Crippen molar-refractivity contribution in [1.82, 2.24) is 20.1 Å². The Morgan fingerprint density at radius 1 is 1.38 bits per heavy atom. The lowest BCUT2D eigenvalue weighted by molar-refractivity contribution is 0.0918. The molecule has 3 rings (SSSR count). The van der Waals surface area contributed by atoms with Crippen LogP contribution in [-0.2, 0) is 7.05 Å². The van der Waals surface area contributed by atoms with Crippen molar-refractivity contribution < 1.29 is 9.90 Å². The summed E-state index contributed by atoms with van der Waals surface area (Å²) >= 11 is 5.83. The van der Waals surface area contributed by atoms with E-state index < -0.39 is 6.10 Å². The highest BCUT2D eigenvalue weighted by Gasteiger charge is 2.16. The highest BCUT2D eigenvalue weighted by Crippen LogP contribution is 2.19. The molecule has 0 aliphatic heterocycles. The monoisotopic (exact) mass is 344 g/mol. The number of hydrogen-bond donors (Lipinski definition) is 2. The molecule has 6 nitrogen and oxygen atoms in total. The second-order valence-electron chi connectivity index (χ2n) is 5.59. The molecule has 0 aliphatic rings. The van der Waals surface area contributed by atoms with Crippen LogP contribution in [0.4, 0.5) is 0 Å². The highest BCUT2D eigenvalue weighted by molar-refractivity contribution is 6.30. The van der Waals surface area contributed by atoms with Crippen molar-refractivity contribution in [2.45, 2.75) is 13.0 Å². The largest absolute Gasteiger partial charge is 0.387 e. The number of aliphatic hydroxyl groups excluding tert-OH is 1. The molecule has 0 fully saturated rings. The molecule has 0 spiro atoms. The van der Waals surface area contributed by atoms with Crippen LogP contribution in [0.15, 0.2) is 36.5 Å². The van der Waals surface area contributed by atoms with E-state index in [0.717, 1.165) is 5.69 Å². The molecule has 2 N–H and O–H groups in total. The van der Waals surface area contributed by atoms with Crippen LogP contribution < -0.4 is 5.32 Å². The van der Waals surface area contributed by atoms with Crippen LogP contribution in [0.2, 0.25) is 5.02 Å². The lowest BCUT2D eigenvalue weighted by Gasteiger charge is -2.13. The number of rotatable bonds is 4. The van der Waals surface area contributed by atoms with Crippen LogP contribution in [0.1, 0.15) is 27.7 Å². The highest BCUT2D eigenvalue weighted by atomic mass is 35.5. The van der Waals surface area contributed by atoms with E-state index in [1.807, 2.05) is 6.92 Å². The Hall–Kier alpha value is -2.44. The molecule has 2 aromatic heterocycles. The van der Waals surface area contributed by atoms with Crippen molar-refractivity contribution in [2.75, 3.05) is 6.54 Å². The Bertz CT molecular complexity index is 889. The van der Waals surface area contributed by atoms with Crippen molar-refractivity contribution in [3.8, 4) is 0 Å². The van der Waals surface area contributed by atoms with Crippen LogP contribution in [0.25, 0.3) is 11.0 Å². The Morgan fingerprint density at radius 2 is 2.08 bits per heavy atom. The summed E-state index contributed by atoms with van der Waals surface area (Å²) < 4.78 is 1.63. The van der Waals surface area contributed by atoms with Crippen molar-refractivity contribution >= 4 is 28.5 Å². The maximum atomic E-state index is 12.5. The maximum Gasteiger partial charge on any atom is 0.252 e. The fourth-order valence-corrected chi connectivity index (χ4v) is 2.64. The topological polar surface area (TPSA) is 80.0 Å². The number of nitrogens with one attached hydrogen (secondary N) is 1. The summed E-state index contributed by atoms with van der Waals surface area (Å²) in [5.41, 5.74) is 2.57. The van der Waals surface area contributed by atoms with Gasteiger partial charge in [-0.05, 0) is 30.7 Å². The van der Waals surface area contributed by atoms with Crippen molar-refractivity contribution in [1.29, 1.82) is 0 Å². The zero-order chi connectivity index (χ0) is 17.3. The van der Waals surface area contributed by atoms with Gasteiger partial charge >= 0.3 is 0 Å². The number of aliphatic hydroxyl groups is 1. The molecule has 7 heteroatoms. The summed E-state index contributed by atoms with van der Waals surface area (Å²) in [6, 6.07) is 8.58. The molecule has 3 aromatic rings. The number of benzene rings is 1. The summed E-state index contributed by atoms with van der Waals surface area (Å²) in [6.07, 6.45) is 0.810. The number of fused-ring (bicyclic) bond motifs is 1. The number of hydrogen-bond acceptors (Lipinski definition) is 4. The van der Waals surface area contributed by atoms with Crippen LogP contribution >= 0.6 is 11.6 Å². The molecule has 1 atom stereocenters. The first-order valence-corrected chi connectivity index (χ1v) is 7.84. The smallest absolute Gasteiger partial charge is 0.252 e. The van der Waals surface area contributed by atoms with Crippen LogP contribution in [0.5, 0.6) is 0 Å². The minimum absolute atomic E-state index is 0.101. The van der Waals surface area contributed by atoms with Crippen LogP contribution in [-0.4, -0.2) is 32.3 Å². The van der Waals surface area contributed by atoms with Gasteiger partial charge in [0.2, 0.25) is 0 Å². The average Bonchev–Trinajstić information content (AvgIpc) is 2.93. The van der Waals surface area contributed by atoms with Crippen molar-refractivity contribution in [3.63, 3.8) is 0 Å². The van der Waals surface area contributed by atoms with E-state index in [4.69, 9.17) is 11.6 Å². The van der Waals surface area contributed by atoms with E-state index in [1.165, 1.54) is 0 Å². The summed E-state index contributed by atoms with van der Waals surface area (Å²) in [5, 5.41) is 18.4. The van der Waals surface area contributed by atoms with E-state index >= 15 is 0 Å². The van der Waals surface area contributed by atoms with Gasteiger partial charge in [0.15, 0.2) is 5.65 Å². The average molecular weight is 345 g/mol. The zero-order valence-electron chi connectivity index (χ0n) is 13.3. The molecule has 0 saturated carbocycles. The van der Waals surface area contributed by atoms with Crippen molar-refractivity contribution in [3.05, 3.63) is 58.4 Å². The van der Waals surface area contributed by atoms with E-state index in [9.17, 15) is 9.90 Å². The maximum absolute atomic E-state index is 12.5. The van der Waals surface area contributed by atoms with Gasteiger partial charge < -0.3 is 10.4 Å². The van der Waals surface area contributed by atoms with Crippen molar-refractivity contribution in [2.24, 2.45) is 7.05 Å². The quantitative estimate of drug-likeness (QED) is 0.761. The predicted octanol–water partition coefficient (Wildman–Crippen LogP) is 2.39. The third-order valence-electron chi connectivity index (χ3n) is 3.79. The second-order valence-corrected chi connectivity index (χ2v) is 6.03. The Kier molecular flexibility index (Phi) is 4.51. The van der Waals surface area contributed by atoms with Gasteiger partial charge in [0.05, 0.1) is 23.3 Å². The molecule has 1 amide bonds. The first-order chi connectivity index (χ1) is 11.5. The van der Waals surface area contributed by atoms with Gasteiger partial charge in [-0.1, -0.05) is 23.7 Å². The molecule has 0 saturated heterocycles. The van der Waals surface area contributed by atoms with Gasteiger partial charge in [-0.15, -0.1) is 0 Å². The lowest BCUT2D eigenvalue weighted by Crippen LogP contribution is -2.28. The van der Waals surface area contributed by atoms with E-state index in [2.05, 4.69) is 15.4 Å². The van der Waals surface area contributed by atoms with Crippen LogP contribution in [0, 0.1) is 6.92 Å². The Labute approximate surface area is 144 Å². The summed E-state index contributed by atoms with van der Waals surface area (Å²) in [5.74, 6) is -0.272. The number of carbonyl (C=O) groups is 1. The van der Waals surface area contributed by atoms with Gasteiger partial charge in [0.25, 0.3) is 5.91 Å². The molecule has 124 valence electrons. The third kappa shape index (κ3) is 3.25. The number of carbonyl (C=O) groups excluding carboxylic acids is 1. The Morgan fingerprint density at radius 3 is 2.79 bits per heavy atom. The summed E-state index contributed by atoms with van der Waals surface area (Å²) in [4.78, 5) is 16.9. The fourth-order valence-electron chi connectivity index (χ4n) is 2.51. The molecule has 1 unspecified atom stereocenters. The number of halogens is 1. The predicted molar refractivity (Wildman–Crippen MR) is 92.0 cm³/mol. The summed E-state index contributed by atoms with van der Waals surface area (Å²) in [7, 11) is 1.78. The molecule has 24 heavy (non-hydrogen) atoms. The number of nitrogens with zero attached hydrogens (tertiary/aromatic N) is 3. The number of aromatic nitrogens is 3. The molecule has 0 radical (unpaired) electrons. The van der Waals surface area contributed by atoms with E-state index in [0.29, 0.717) is 27.2 Å². The minimum Gasteiger partial charge on any atom is -0.387 e. The third-order valence-corrected chi connectivity index (χ3v) is 4.04. The van der Waals surface area contributed by atoms with E-state index in [1.54, 1.807) is 48.3 Å². The van der Waals surface area contributed by atoms with Gasteiger partial charge in [-0.3, -0.25) is 9.48 Å². The first kappa shape index (κ1) is 16.4. The van der Waals surface area contributed by atoms with E-state index in [-0.39, 0.29) is 12.5 Å². The van der Waals surface area contributed by atoms with Gasteiger partial charge in [-0.25, -0.2) is 4.98 Å². The zero-order valence-corrected chi connectivity index (χ0v) is 14.1. The van der Waals surface area contributed by atoms with Gasteiger partial charge in [-0.2, -0.15) is 5.10 Å². The number of amides is 1. The fraction of sp³-hybridized carbons (Fsp3) is 0.235. The van der Waals surface area contributed by atoms with Crippen LogP contribution in [0.3, 0.4) is 0 Å². The minimum atomic E-state index is -0.807. The number of aryl methyl sites for hydroxylation is 2. The second kappa shape index (κ2) is 6.59. The Balaban J connectivity index is 1.77. The standard InChI is InChI=1S/C17H17ClN4O2/c1-10-7-13(14-8-20-22(2)16(14)21-10)17(24)19-9-15(23)11-3-5-12(18)6-4-11/h3-8,15,23H,9H2,1-2H3,(H,19,24). The molecule has 2 heterocycles. The molecular formula is C17H17ClN4O2. The normalized spacial score (nSPS) is 12.3.